The number of pyridine rings is 1. The number of methoxy groups -OCH3 is 1. The molecule has 0 radical (unpaired) electrons. The Bertz CT molecular complexity index is 574. The first-order valence-electron chi connectivity index (χ1n) is 7.22. The number of allylic oxidation sites excluding steroid dienone is 3. The van der Waals surface area contributed by atoms with E-state index in [2.05, 4.69) is 15.8 Å². The smallest absolute Gasteiger partial charge is 0.319 e. The molecule has 0 spiro atoms. The molecular formula is C18H24N2O2. The lowest BCUT2D eigenvalue weighted by Crippen LogP contribution is -2.28. The molecular weight excluding hydrogens is 276 g/mol. The van der Waals surface area contributed by atoms with Gasteiger partial charge in [-0.3, -0.25) is 14.7 Å². The van der Waals surface area contributed by atoms with Gasteiger partial charge in [0.15, 0.2) is 0 Å². The number of rotatable bonds is 7. The van der Waals surface area contributed by atoms with Gasteiger partial charge in [-0.05, 0) is 43.7 Å². The maximum atomic E-state index is 11.3. The van der Waals surface area contributed by atoms with Crippen molar-refractivity contribution in [3.8, 4) is 0 Å². The number of hydrogen-bond donors (Lipinski definition) is 0. The second-order valence-electron chi connectivity index (χ2n) is 5.14. The molecule has 0 amide bonds. The van der Waals surface area contributed by atoms with E-state index in [9.17, 15) is 4.79 Å². The first-order valence-corrected chi connectivity index (χ1v) is 7.22. The van der Waals surface area contributed by atoms with Gasteiger partial charge in [-0.25, -0.2) is 0 Å². The quantitative estimate of drug-likeness (QED) is 0.573. The van der Waals surface area contributed by atoms with Crippen molar-refractivity contribution in [3.63, 3.8) is 0 Å². The van der Waals surface area contributed by atoms with Gasteiger partial charge in [0.05, 0.1) is 13.7 Å². The third-order valence-corrected chi connectivity index (χ3v) is 2.97. The fourth-order valence-corrected chi connectivity index (χ4v) is 1.91. The Morgan fingerprint density at radius 1 is 1.36 bits per heavy atom. The van der Waals surface area contributed by atoms with Crippen molar-refractivity contribution in [2.24, 2.45) is 0 Å². The first kappa shape index (κ1) is 17.9. The highest BCUT2D eigenvalue weighted by molar-refractivity contribution is 5.71. The molecule has 0 atom stereocenters. The summed E-state index contributed by atoms with van der Waals surface area (Å²) in [5.74, 6) is -0.236. The van der Waals surface area contributed by atoms with Crippen LogP contribution in [-0.4, -0.2) is 43.1 Å². The number of aryl methyl sites for hydroxylation is 1. The summed E-state index contributed by atoms with van der Waals surface area (Å²) < 4.78 is 4.69. The standard InChI is InChI=1S/C18H24N2O2/c1-5-6-7-16(13-20(3)14-18(21)22-4)8-9-17-10-15(2)11-19-12-17/h5-12H,13-14H2,1-4H3/b6-5-,9-8+,16-7+. The second kappa shape index (κ2) is 9.68. The van der Waals surface area contributed by atoms with E-state index in [4.69, 9.17) is 0 Å². The van der Waals surface area contributed by atoms with Crippen molar-refractivity contribution in [3.05, 3.63) is 59.5 Å². The lowest BCUT2D eigenvalue weighted by Gasteiger charge is -2.15. The summed E-state index contributed by atoms with van der Waals surface area (Å²) in [6.07, 6.45) is 13.7. The fraction of sp³-hybridized carbons (Fsp3) is 0.333. The summed E-state index contributed by atoms with van der Waals surface area (Å²) in [4.78, 5) is 17.4. The summed E-state index contributed by atoms with van der Waals surface area (Å²) in [5.41, 5.74) is 3.29. The van der Waals surface area contributed by atoms with Crippen LogP contribution in [0.15, 0.2) is 48.3 Å². The highest BCUT2D eigenvalue weighted by atomic mass is 16.5. The van der Waals surface area contributed by atoms with Crippen LogP contribution in [-0.2, 0) is 9.53 Å². The molecule has 0 aliphatic carbocycles. The lowest BCUT2D eigenvalue weighted by atomic mass is 10.1. The van der Waals surface area contributed by atoms with E-state index in [-0.39, 0.29) is 12.5 Å². The van der Waals surface area contributed by atoms with Crippen molar-refractivity contribution in [2.75, 3.05) is 27.2 Å². The molecule has 0 bridgehead atoms. The molecule has 118 valence electrons. The molecule has 0 N–H and O–H groups in total. The Hall–Kier alpha value is -2.20. The minimum Gasteiger partial charge on any atom is -0.468 e. The normalized spacial score (nSPS) is 12.5. The maximum Gasteiger partial charge on any atom is 0.319 e. The molecule has 1 heterocycles. The molecule has 1 aromatic heterocycles. The number of ether oxygens (including phenoxy) is 1. The van der Waals surface area contributed by atoms with Crippen molar-refractivity contribution in [1.82, 2.24) is 9.88 Å². The average Bonchev–Trinajstić information content (AvgIpc) is 2.49. The van der Waals surface area contributed by atoms with Crippen LogP contribution >= 0.6 is 0 Å². The van der Waals surface area contributed by atoms with E-state index >= 15 is 0 Å². The summed E-state index contributed by atoms with van der Waals surface area (Å²) in [6, 6.07) is 2.08. The Balaban J connectivity index is 2.78. The van der Waals surface area contributed by atoms with Crippen molar-refractivity contribution in [2.45, 2.75) is 13.8 Å². The van der Waals surface area contributed by atoms with Gasteiger partial charge in [0, 0.05) is 18.9 Å². The largest absolute Gasteiger partial charge is 0.468 e. The third-order valence-electron chi connectivity index (χ3n) is 2.97. The maximum absolute atomic E-state index is 11.3. The minimum atomic E-state index is -0.236. The molecule has 0 saturated carbocycles. The van der Waals surface area contributed by atoms with Crippen molar-refractivity contribution in [1.29, 1.82) is 0 Å². The number of aromatic nitrogens is 1. The van der Waals surface area contributed by atoms with E-state index in [1.807, 2.05) is 68.6 Å². The molecule has 0 fully saturated rings. The topological polar surface area (TPSA) is 42.4 Å². The molecule has 1 aromatic rings. The molecule has 4 nitrogen and oxygen atoms in total. The summed E-state index contributed by atoms with van der Waals surface area (Å²) in [7, 11) is 3.29. The number of nitrogens with zero attached hydrogens (tertiary/aromatic N) is 2. The van der Waals surface area contributed by atoms with Gasteiger partial charge in [0.25, 0.3) is 0 Å². The molecule has 0 aromatic carbocycles. The Labute approximate surface area is 132 Å². The molecule has 22 heavy (non-hydrogen) atoms. The molecule has 0 aliphatic heterocycles. The van der Waals surface area contributed by atoms with E-state index in [1.54, 1.807) is 0 Å². The van der Waals surface area contributed by atoms with Gasteiger partial charge >= 0.3 is 5.97 Å². The van der Waals surface area contributed by atoms with Gasteiger partial charge in [0.2, 0.25) is 0 Å². The van der Waals surface area contributed by atoms with Gasteiger partial charge in [-0.2, -0.15) is 0 Å². The lowest BCUT2D eigenvalue weighted by molar-refractivity contribution is -0.141. The van der Waals surface area contributed by atoms with Gasteiger partial charge in [-0.15, -0.1) is 0 Å². The van der Waals surface area contributed by atoms with Crippen molar-refractivity contribution >= 4 is 12.0 Å². The number of carbonyl (C=O) groups is 1. The molecule has 0 aliphatic rings. The molecule has 1 rings (SSSR count). The van der Waals surface area contributed by atoms with Gasteiger partial charge < -0.3 is 4.74 Å². The Morgan fingerprint density at radius 2 is 2.14 bits per heavy atom. The van der Waals surface area contributed by atoms with Gasteiger partial charge in [-0.1, -0.05) is 30.4 Å². The molecule has 4 heteroatoms. The number of carbonyl (C=O) groups excluding carboxylic acids is 1. The minimum absolute atomic E-state index is 0.236. The van der Waals surface area contributed by atoms with Crippen LogP contribution in [0.3, 0.4) is 0 Å². The number of esters is 1. The zero-order chi connectivity index (χ0) is 16.4. The van der Waals surface area contributed by atoms with E-state index in [0.29, 0.717) is 6.54 Å². The highest BCUT2D eigenvalue weighted by Crippen LogP contribution is 2.08. The zero-order valence-corrected chi connectivity index (χ0v) is 13.7. The van der Waals surface area contributed by atoms with Crippen LogP contribution in [0.1, 0.15) is 18.1 Å². The molecule has 0 unspecified atom stereocenters. The van der Waals surface area contributed by atoms with Crippen LogP contribution in [0.5, 0.6) is 0 Å². The van der Waals surface area contributed by atoms with E-state index in [1.165, 1.54) is 7.11 Å². The zero-order valence-electron chi connectivity index (χ0n) is 13.7. The average molecular weight is 300 g/mol. The summed E-state index contributed by atoms with van der Waals surface area (Å²) in [6.45, 7) is 4.92. The predicted molar refractivity (Wildman–Crippen MR) is 90.4 cm³/mol. The van der Waals surface area contributed by atoms with Crippen molar-refractivity contribution < 1.29 is 9.53 Å². The monoisotopic (exact) mass is 300 g/mol. The van der Waals surface area contributed by atoms with Gasteiger partial charge in [0.1, 0.15) is 0 Å². The third kappa shape index (κ3) is 6.99. The van der Waals surface area contributed by atoms with Crippen LogP contribution in [0, 0.1) is 6.92 Å². The van der Waals surface area contributed by atoms with Crippen LogP contribution in [0.2, 0.25) is 0 Å². The fourth-order valence-electron chi connectivity index (χ4n) is 1.91. The van der Waals surface area contributed by atoms with E-state index < -0.39 is 0 Å². The van der Waals surface area contributed by atoms with E-state index in [0.717, 1.165) is 16.7 Å². The van der Waals surface area contributed by atoms with Crippen LogP contribution in [0.25, 0.3) is 6.08 Å². The number of hydrogen-bond acceptors (Lipinski definition) is 4. The Morgan fingerprint density at radius 3 is 2.77 bits per heavy atom. The number of likely N-dealkylation sites (N-methyl/N-ethyl adjacent to an activating group) is 1. The SMILES string of the molecule is C\C=C/C=C(\C=C\c1cncc(C)c1)CN(C)CC(=O)OC. The first-order chi connectivity index (χ1) is 10.5. The van der Waals surface area contributed by atoms with Crippen LogP contribution < -0.4 is 0 Å². The predicted octanol–water partition coefficient (Wildman–Crippen LogP) is 3.01. The Kier molecular flexibility index (Phi) is 7.86. The van der Waals surface area contributed by atoms with Crippen LogP contribution in [0.4, 0.5) is 0 Å². The summed E-state index contributed by atoms with van der Waals surface area (Å²) in [5, 5.41) is 0. The molecule has 0 saturated heterocycles. The summed E-state index contributed by atoms with van der Waals surface area (Å²) >= 11 is 0. The highest BCUT2D eigenvalue weighted by Gasteiger charge is 2.06. The second-order valence-corrected chi connectivity index (χ2v) is 5.14.